The molecule has 0 unspecified atom stereocenters. The molecule has 0 aromatic carbocycles. The molecule has 0 bridgehead atoms. The minimum absolute atomic E-state index is 0.314. The lowest BCUT2D eigenvalue weighted by atomic mass is 10.1. The van der Waals surface area contributed by atoms with Crippen LogP contribution in [-0.2, 0) is 31.2 Å². The lowest BCUT2D eigenvalue weighted by Gasteiger charge is -2.20. The van der Waals surface area contributed by atoms with Crippen molar-refractivity contribution >= 4 is 11.9 Å². The number of likely N-dealkylation sites (tertiary alicyclic amines) is 1. The van der Waals surface area contributed by atoms with Gasteiger partial charge in [-0.2, -0.15) is 5.10 Å². The van der Waals surface area contributed by atoms with E-state index in [0.29, 0.717) is 18.9 Å². The van der Waals surface area contributed by atoms with E-state index < -0.39 is 0 Å². The van der Waals surface area contributed by atoms with E-state index in [4.69, 9.17) is 4.99 Å². The van der Waals surface area contributed by atoms with Crippen molar-refractivity contribution in [3.05, 3.63) is 17.0 Å². The van der Waals surface area contributed by atoms with E-state index in [9.17, 15) is 4.79 Å². The Kier molecular flexibility index (Phi) is 9.31. The van der Waals surface area contributed by atoms with Crippen molar-refractivity contribution in [2.75, 3.05) is 26.2 Å². The lowest BCUT2D eigenvalue weighted by molar-refractivity contribution is -0.130. The molecule has 2 heterocycles. The summed E-state index contributed by atoms with van der Waals surface area (Å²) in [6.45, 7) is 10.4. The average molecular weight is 391 g/mol. The van der Waals surface area contributed by atoms with Gasteiger partial charge in [0.2, 0.25) is 5.91 Å². The average Bonchev–Trinajstić information content (AvgIpc) is 2.85. The number of hydrogen-bond donors (Lipinski definition) is 2. The largest absolute Gasteiger partial charge is 0.357 e. The fourth-order valence-electron chi connectivity index (χ4n) is 3.82. The van der Waals surface area contributed by atoms with Crippen molar-refractivity contribution in [1.29, 1.82) is 0 Å². The van der Waals surface area contributed by atoms with Gasteiger partial charge in [-0.1, -0.05) is 20.3 Å². The number of amides is 1. The molecule has 2 N–H and O–H groups in total. The van der Waals surface area contributed by atoms with Gasteiger partial charge in [0.1, 0.15) is 0 Å². The molecule has 0 spiro atoms. The van der Waals surface area contributed by atoms with Crippen molar-refractivity contribution in [3.63, 3.8) is 0 Å². The van der Waals surface area contributed by atoms with Crippen LogP contribution in [0.1, 0.15) is 69.8 Å². The Morgan fingerprint density at radius 3 is 2.68 bits per heavy atom. The number of carbonyl (C=O) groups is 1. The van der Waals surface area contributed by atoms with Crippen LogP contribution in [0.15, 0.2) is 4.99 Å². The summed E-state index contributed by atoms with van der Waals surface area (Å²) < 4.78 is 1.99. The first-order valence-corrected chi connectivity index (χ1v) is 10.9. The van der Waals surface area contributed by atoms with Crippen LogP contribution in [0.4, 0.5) is 0 Å². The second kappa shape index (κ2) is 11.7. The zero-order valence-electron chi connectivity index (χ0n) is 18.2. The summed E-state index contributed by atoms with van der Waals surface area (Å²) >= 11 is 0. The van der Waals surface area contributed by atoms with Crippen LogP contribution < -0.4 is 10.6 Å². The lowest BCUT2D eigenvalue weighted by Crippen LogP contribution is -2.39. The Bertz CT molecular complexity index is 652. The van der Waals surface area contributed by atoms with Crippen LogP contribution in [0.2, 0.25) is 0 Å². The number of aromatic nitrogens is 2. The zero-order chi connectivity index (χ0) is 20.4. The van der Waals surface area contributed by atoms with Crippen LogP contribution in [-0.4, -0.2) is 52.7 Å². The molecule has 1 fully saturated rings. The van der Waals surface area contributed by atoms with E-state index in [1.54, 1.807) is 0 Å². The number of guanidine groups is 1. The van der Waals surface area contributed by atoms with E-state index in [-0.39, 0.29) is 0 Å². The number of nitrogens with one attached hydrogen (secondary N) is 2. The van der Waals surface area contributed by atoms with Crippen LogP contribution >= 0.6 is 0 Å². The summed E-state index contributed by atoms with van der Waals surface area (Å²) in [5.41, 5.74) is 3.65. The highest BCUT2D eigenvalue weighted by Gasteiger charge is 2.16. The van der Waals surface area contributed by atoms with Crippen molar-refractivity contribution in [1.82, 2.24) is 25.3 Å². The summed E-state index contributed by atoms with van der Waals surface area (Å²) in [6.07, 6.45) is 6.87. The van der Waals surface area contributed by atoms with E-state index in [0.717, 1.165) is 69.9 Å². The molecule has 1 aromatic rings. The number of rotatable bonds is 9. The summed E-state index contributed by atoms with van der Waals surface area (Å²) in [5, 5.41) is 11.4. The summed E-state index contributed by atoms with van der Waals surface area (Å²) in [4.78, 5) is 18.9. The number of hydrogen-bond acceptors (Lipinski definition) is 3. The smallest absolute Gasteiger partial charge is 0.222 e. The maximum Gasteiger partial charge on any atom is 0.222 e. The zero-order valence-corrected chi connectivity index (χ0v) is 18.2. The Hall–Kier alpha value is -2.05. The molecule has 7 nitrogen and oxygen atoms in total. The van der Waals surface area contributed by atoms with Gasteiger partial charge in [0.05, 0.1) is 12.2 Å². The Labute approximate surface area is 170 Å². The number of carbonyl (C=O) groups excluding carboxylic acids is 1. The third-order valence-corrected chi connectivity index (χ3v) is 5.34. The molecule has 1 saturated heterocycles. The third kappa shape index (κ3) is 6.24. The molecule has 0 atom stereocenters. The highest BCUT2D eigenvalue weighted by molar-refractivity contribution is 5.79. The van der Waals surface area contributed by atoms with Gasteiger partial charge in [-0.25, -0.2) is 4.99 Å². The highest BCUT2D eigenvalue weighted by Crippen LogP contribution is 2.16. The van der Waals surface area contributed by atoms with Gasteiger partial charge in [-0.3, -0.25) is 9.48 Å². The fraction of sp³-hybridized carbons (Fsp3) is 0.762. The second-order valence-electron chi connectivity index (χ2n) is 7.37. The SMILES string of the molecule is CCNC(=NCc1c(CC)nn(C)c1CC)NCCCN1CCCCCC1=O. The van der Waals surface area contributed by atoms with E-state index in [2.05, 4.69) is 36.5 Å². The van der Waals surface area contributed by atoms with Crippen LogP contribution in [0.3, 0.4) is 0 Å². The van der Waals surface area contributed by atoms with Crippen LogP contribution in [0.25, 0.3) is 0 Å². The van der Waals surface area contributed by atoms with Gasteiger partial charge in [0, 0.05) is 50.9 Å². The fourth-order valence-corrected chi connectivity index (χ4v) is 3.82. The van der Waals surface area contributed by atoms with E-state index >= 15 is 0 Å². The van der Waals surface area contributed by atoms with Gasteiger partial charge in [0.25, 0.3) is 0 Å². The third-order valence-electron chi connectivity index (χ3n) is 5.34. The minimum Gasteiger partial charge on any atom is -0.357 e. The topological polar surface area (TPSA) is 74.6 Å². The molecule has 158 valence electrons. The Morgan fingerprint density at radius 2 is 1.96 bits per heavy atom. The minimum atomic E-state index is 0.314. The van der Waals surface area contributed by atoms with Crippen molar-refractivity contribution in [2.45, 2.75) is 72.3 Å². The highest BCUT2D eigenvalue weighted by atomic mass is 16.2. The predicted octanol–water partition coefficient (Wildman–Crippen LogP) is 2.39. The molecule has 1 aliphatic rings. The Balaban J connectivity index is 1.89. The maximum absolute atomic E-state index is 12.1. The van der Waals surface area contributed by atoms with Crippen LogP contribution in [0, 0.1) is 0 Å². The monoisotopic (exact) mass is 390 g/mol. The standard InChI is InChI=1S/C21H38N6O/c1-5-18-17(19(6-2)26(4)25-18)16-24-21(22-7-3)23-13-11-15-27-14-10-8-9-12-20(27)28/h5-16H2,1-4H3,(H2,22,23,24). The first-order chi connectivity index (χ1) is 13.6. The van der Waals surface area contributed by atoms with Gasteiger partial charge in [0.15, 0.2) is 5.96 Å². The molecule has 2 rings (SSSR count). The summed E-state index contributed by atoms with van der Waals surface area (Å²) in [7, 11) is 2.01. The molecule has 0 radical (unpaired) electrons. The quantitative estimate of drug-likeness (QED) is 0.386. The molecule has 1 amide bonds. The molecule has 1 aliphatic heterocycles. The van der Waals surface area contributed by atoms with E-state index in [1.165, 1.54) is 17.7 Å². The summed E-state index contributed by atoms with van der Waals surface area (Å²) in [5.74, 6) is 1.14. The second-order valence-corrected chi connectivity index (χ2v) is 7.37. The molecule has 7 heteroatoms. The van der Waals surface area contributed by atoms with Crippen molar-refractivity contribution in [2.24, 2.45) is 12.0 Å². The van der Waals surface area contributed by atoms with E-state index in [1.807, 2.05) is 16.6 Å². The first-order valence-electron chi connectivity index (χ1n) is 10.9. The van der Waals surface area contributed by atoms with Gasteiger partial charge >= 0.3 is 0 Å². The van der Waals surface area contributed by atoms with Gasteiger partial charge in [-0.15, -0.1) is 0 Å². The maximum atomic E-state index is 12.1. The molecular formula is C21H38N6O. The normalized spacial score (nSPS) is 15.6. The molecular weight excluding hydrogens is 352 g/mol. The number of aryl methyl sites for hydroxylation is 2. The van der Waals surface area contributed by atoms with Gasteiger partial charge < -0.3 is 15.5 Å². The van der Waals surface area contributed by atoms with Crippen molar-refractivity contribution < 1.29 is 4.79 Å². The summed E-state index contributed by atoms with van der Waals surface area (Å²) in [6, 6.07) is 0. The molecule has 1 aromatic heterocycles. The first kappa shape index (κ1) is 22.2. The predicted molar refractivity (Wildman–Crippen MR) is 114 cm³/mol. The van der Waals surface area contributed by atoms with Gasteiger partial charge in [-0.05, 0) is 39.0 Å². The number of aliphatic imine (C=N–C) groups is 1. The molecule has 0 aliphatic carbocycles. The molecule has 28 heavy (non-hydrogen) atoms. The molecule has 0 saturated carbocycles. The van der Waals surface area contributed by atoms with Crippen LogP contribution in [0.5, 0.6) is 0 Å². The van der Waals surface area contributed by atoms with Crippen molar-refractivity contribution in [3.8, 4) is 0 Å². The Morgan fingerprint density at radius 1 is 1.14 bits per heavy atom. The number of nitrogens with zero attached hydrogens (tertiary/aromatic N) is 4.